The Morgan fingerprint density at radius 2 is 1.33 bits per heavy atom. The lowest BCUT2D eigenvalue weighted by atomic mass is 9.96. The summed E-state index contributed by atoms with van der Waals surface area (Å²) in [7, 11) is -3.75. The Labute approximate surface area is 197 Å². The van der Waals surface area contributed by atoms with Crippen LogP contribution in [0.5, 0.6) is 0 Å². The highest BCUT2D eigenvalue weighted by Crippen LogP contribution is 2.39. The molecule has 3 aromatic carbocycles. The van der Waals surface area contributed by atoms with Gasteiger partial charge in [-0.3, -0.25) is 0 Å². The Bertz CT molecular complexity index is 1130. The molecule has 1 heterocycles. The molecule has 1 aliphatic heterocycles. The van der Waals surface area contributed by atoms with Crippen molar-refractivity contribution in [1.29, 1.82) is 0 Å². The van der Waals surface area contributed by atoms with Crippen LogP contribution in [0.2, 0.25) is 0 Å². The maximum Gasteiger partial charge on any atom is 0.240 e. The van der Waals surface area contributed by atoms with Crippen molar-refractivity contribution in [2.75, 3.05) is 4.90 Å². The van der Waals surface area contributed by atoms with Crippen LogP contribution in [-0.4, -0.2) is 31.7 Å². The molecule has 6 heteroatoms. The lowest BCUT2D eigenvalue weighted by molar-refractivity contribution is 0.106. The molecule has 3 aromatic rings. The maximum absolute atomic E-state index is 13.0. The van der Waals surface area contributed by atoms with Gasteiger partial charge < -0.3 is 10.0 Å². The van der Waals surface area contributed by atoms with E-state index in [1.807, 2.05) is 38.1 Å². The van der Waals surface area contributed by atoms with Gasteiger partial charge in [0.05, 0.1) is 17.0 Å². The van der Waals surface area contributed by atoms with Gasteiger partial charge >= 0.3 is 0 Å². The average Bonchev–Trinajstić information content (AvgIpc) is 3.01. The fourth-order valence-corrected chi connectivity index (χ4v) is 6.13. The molecular formula is C27H32N2O3S. The first kappa shape index (κ1) is 23.5. The van der Waals surface area contributed by atoms with Crippen LogP contribution >= 0.6 is 0 Å². The predicted octanol–water partition coefficient (Wildman–Crippen LogP) is 4.82. The van der Waals surface area contributed by atoms with Gasteiger partial charge in [0.25, 0.3) is 0 Å². The molecule has 0 aliphatic carbocycles. The first-order valence-electron chi connectivity index (χ1n) is 11.7. The van der Waals surface area contributed by atoms with Gasteiger partial charge in [-0.05, 0) is 61.1 Å². The van der Waals surface area contributed by atoms with Gasteiger partial charge in [-0.1, -0.05) is 68.4 Å². The molecule has 5 nitrogen and oxygen atoms in total. The first-order valence-corrected chi connectivity index (χ1v) is 13.1. The Hall–Kier alpha value is -2.67. The van der Waals surface area contributed by atoms with Crippen molar-refractivity contribution >= 4 is 21.4 Å². The standard InChI is InChI=1S/C27H32N2O3S/c1-3-23(28-33(31,32)22-14-6-5-7-15-22)27(30)24(4-2)29-25-16-10-8-12-20(25)18-19-21-13-9-11-17-26(21)29/h5-17,23-24,27-28,30H,3-4,18-19H2,1-2H3. The summed E-state index contributed by atoms with van der Waals surface area (Å²) in [6.45, 7) is 3.95. The third-order valence-corrected chi connectivity index (χ3v) is 8.03. The van der Waals surface area contributed by atoms with Gasteiger partial charge in [-0.15, -0.1) is 0 Å². The van der Waals surface area contributed by atoms with Crippen molar-refractivity contribution in [3.05, 3.63) is 90.0 Å². The zero-order chi connectivity index (χ0) is 23.4. The second-order valence-electron chi connectivity index (χ2n) is 8.54. The molecule has 3 atom stereocenters. The second kappa shape index (κ2) is 10.1. The van der Waals surface area contributed by atoms with E-state index < -0.39 is 22.2 Å². The van der Waals surface area contributed by atoms with Crippen molar-refractivity contribution in [3.8, 4) is 0 Å². The molecule has 0 saturated carbocycles. The number of hydrogen-bond acceptors (Lipinski definition) is 4. The number of hydrogen-bond donors (Lipinski definition) is 2. The van der Waals surface area contributed by atoms with Gasteiger partial charge in [0.1, 0.15) is 0 Å². The van der Waals surface area contributed by atoms with E-state index in [0.29, 0.717) is 12.8 Å². The van der Waals surface area contributed by atoms with E-state index in [4.69, 9.17) is 0 Å². The lowest BCUT2D eigenvalue weighted by Gasteiger charge is -2.40. The normalized spacial score (nSPS) is 16.3. The van der Waals surface area contributed by atoms with Gasteiger partial charge in [-0.2, -0.15) is 0 Å². The number of nitrogens with one attached hydrogen (secondary N) is 1. The zero-order valence-electron chi connectivity index (χ0n) is 19.2. The number of aryl methyl sites for hydroxylation is 2. The summed E-state index contributed by atoms with van der Waals surface area (Å²) in [5, 5.41) is 11.6. The summed E-state index contributed by atoms with van der Waals surface area (Å²) >= 11 is 0. The van der Waals surface area contributed by atoms with Crippen molar-refractivity contribution in [3.63, 3.8) is 0 Å². The first-order chi connectivity index (χ1) is 16.0. The van der Waals surface area contributed by atoms with Crippen molar-refractivity contribution in [2.24, 2.45) is 0 Å². The third-order valence-electron chi connectivity index (χ3n) is 6.52. The van der Waals surface area contributed by atoms with E-state index in [2.05, 4.69) is 33.9 Å². The average molecular weight is 465 g/mol. The minimum Gasteiger partial charge on any atom is -0.389 e. The largest absolute Gasteiger partial charge is 0.389 e. The third kappa shape index (κ3) is 4.83. The molecular weight excluding hydrogens is 432 g/mol. The fourth-order valence-electron chi connectivity index (χ4n) is 4.78. The Morgan fingerprint density at radius 1 is 0.818 bits per heavy atom. The minimum atomic E-state index is -3.75. The van der Waals surface area contributed by atoms with Crippen LogP contribution in [0.3, 0.4) is 0 Å². The van der Waals surface area contributed by atoms with Crippen LogP contribution in [-0.2, 0) is 22.9 Å². The number of aliphatic hydroxyl groups is 1. The van der Waals surface area contributed by atoms with Crippen molar-refractivity contribution in [2.45, 2.75) is 62.6 Å². The van der Waals surface area contributed by atoms with E-state index in [-0.39, 0.29) is 10.9 Å². The molecule has 33 heavy (non-hydrogen) atoms. The number of aliphatic hydroxyl groups excluding tert-OH is 1. The number of benzene rings is 3. The Morgan fingerprint density at radius 3 is 1.85 bits per heavy atom. The molecule has 4 rings (SSSR count). The summed E-state index contributed by atoms with van der Waals surface area (Å²) in [5.74, 6) is 0. The second-order valence-corrected chi connectivity index (χ2v) is 10.3. The summed E-state index contributed by atoms with van der Waals surface area (Å²) in [6, 6.07) is 24.0. The summed E-state index contributed by atoms with van der Waals surface area (Å²) in [5.41, 5.74) is 4.62. The highest BCUT2D eigenvalue weighted by atomic mass is 32.2. The van der Waals surface area contributed by atoms with Crippen molar-refractivity contribution in [1.82, 2.24) is 4.72 Å². The molecule has 3 unspecified atom stereocenters. The van der Waals surface area contributed by atoms with Crippen LogP contribution in [0.4, 0.5) is 11.4 Å². The molecule has 174 valence electrons. The van der Waals surface area contributed by atoms with Crippen LogP contribution in [0.25, 0.3) is 0 Å². The number of anilines is 2. The predicted molar refractivity (Wildman–Crippen MR) is 133 cm³/mol. The summed E-state index contributed by atoms with van der Waals surface area (Å²) < 4.78 is 28.8. The Balaban J connectivity index is 1.72. The number of para-hydroxylation sites is 2. The monoisotopic (exact) mass is 464 g/mol. The summed E-state index contributed by atoms with van der Waals surface area (Å²) in [6.07, 6.45) is 2.08. The molecule has 0 bridgehead atoms. The highest BCUT2D eigenvalue weighted by molar-refractivity contribution is 7.89. The highest BCUT2D eigenvalue weighted by Gasteiger charge is 2.35. The number of nitrogens with zero attached hydrogens (tertiary/aromatic N) is 1. The molecule has 0 amide bonds. The fraction of sp³-hybridized carbons (Fsp3) is 0.333. The maximum atomic E-state index is 13.0. The zero-order valence-corrected chi connectivity index (χ0v) is 20.0. The van der Waals surface area contributed by atoms with Crippen LogP contribution < -0.4 is 9.62 Å². The van der Waals surface area contributed by atoms with Gasteiger partial charge in [0, 0.05) is 17.4 Å². The van der Waals surface area contributed by atoms with Crippen LogP contribution in [0.1, 0.15) is 37.8 Å². The molecule has 0 fully saturated rings. The summed E-state index contributed by atoms with van der Waals surface area (Å²) in [4.78, 5) is 2.43. The number of rotatable bonds is 8. The van der Waals surface area contributed by atoms with E-state index in [9.17, 15) is 13.5 Å². The van der Waals surface area contributed by atoms with Gasteiger partial charge in [0.2, 0.25) is 10.0 Å². The van der Waals surface area contributed by atoms with Crippen LogP contribution in [0.15, 0.2) is 83.8 Å². The molecule has 0 spiro atoms. The van der Waals surface area contributed by atoms with E-state index in [0.717, 1.165) is 24.2 Å². The quantitative estimate of drug-likeness (QED) is 0.501. The molecule has 1 aliphatic rings. The topological polar surface area (TPSA) is 69.6 Å². The van der Waals surface area contributed by atoms with Gasteiger partial charge in [0.15, 0.2) is 0 Å². The molecule has 2 N–H and O–H groups in total. The van der Waals surface area contributed by atoms with Gasteiger partial charge in [-0.25, -0.2) is 13.1 Å². The lowest BCUT2D eigenvalue weighted by Crippen LogP contribution is -2.53. The number of fused-ring (bicyclic) bond motifs is 2. The van der Waals surface area contributed by atoms with E-state index >= 15 is 0 Å². The molecule has 0 radical (unpaired) electrons. The smallest absolute Gasteiger partial charge is 0.240 e. The van der Waals surface area contributed by atoms with E-state index in [1.165, 1.54) is 11.1 Å². The Kier molecular flexibility index (Phi) is 7.17. The molecule has 0 saturated heterocycles. The minimum absolute atomic E-state index is 0.203. The van der Waals surface area contributed by atoms with Crippen molar-refractivity contribution < 1.29 is 13.5 Å². The van der Waals surface area contributed by atoms with Crippen LogP contribution in [0, 0.1) is 0 Å². The van der Waals surface area contributed by atoms with E-state index in [1.54, 1.807) is 30.3 Å². The molecule has 0 aromatic heterocycles. The SMILES string of the molecule is CCC(NS(=O)(=O)c1ccccc1)C(O)C(CC)N1c2ccccc2CCc2ccccc21. The number of sulfonamides is 1.